The molecule has 0 aliphatic carbocycles. The van der Waals surface area contributed by atoms with Gasteiger partial charge in [0.1, 0.15) is 4.88 Å². The zero-order valence-electron chi connectivity index (χ0n) is 18.1. The van der Waals surface area contributed by atoms with Crippen LogP contribution in [0.25, 0.3) is 11.3 Å². The smallest absolute Gasteiger partial charge is 0.325 e. The molecule has 0 unspecified atom stereocenters. The van der Waals surface area contributed by atoms with Crippen molar-refractivity contribution >= 4 is 46.2 Å². The minimum atomic E-state index is -1.33. The highest BCUT2D eigenvalue weighted by Gasteiger charge is 2.28. The summed E-state index contributed by atoms with van der Waals surface area (Å²) in [6, 6.07) is 12.6. The van der Waals surface area contributed by atoms with Crippen LogP contribution in [-0.4, -0.2) is 47.2 Å². The van der Waals surface area contributed by atoms with E-state index in [0.29, 0.717) is 16.3 Å². The first-order chi connectivity index (χ1) is 16.0. The Morgan fingerprint density at radius 2 is 1.76 bits per heavy atom. The van der Waals surface area contributed by atoms with Gasteiger partial charge in [0.25, 0.3) is 5.91 Å². The molecule has 0 spiro atoms. The van der Waals surface area contributed by atoms with Crippen LogP contribution in [-0.2, 0) is 19.1 Å². The second-order valence-corrected chi connectivity index (χ2v) is 7.47. The Kier molecular flexibility index (Phi) is 8.36. The minimum absolute atomic E-state index is 0.108. The molecule has 0 aliphatic heterocycles. The fraction of sp³-hybridized carbons (Fsp3) is 0.217. The van der Waals surface area contributed by atoms with Gasteiger partial charge < -0.3 is 14.8 Å². The van der Waals surface area contributed by atoms with Crippen LogP contribution in [0.4, 0.5) is 10.8 Å². The molecule has 3 aromatic rings. The number of nitrogens with one attached hydrogen (secondary N) is 1. The number of hydrogen-bond donors (Lipinski definition) is 1. The van der Waals surface area contributed by atoms with Gasteiger partial charge in [0.2, 0.25) is 5.13 Å². The molecule has 0 atom stereocenters. The summed E-state index contributed by atoms with van der Waals surface area (Å²) in [5.41, 5.74) is 1.68. The van der Waals surface area contributed by atoms with Crippen LogP contribution in [0.2, 0.25) is 0 Å². The van der Waals surface area contributed by atoms with E-state index >= 15 is 0 Å². The highest BCUT2D eigenvalue weighted by atomic mass is 32.1. The number of esters is 2. The lowest BCUT2D eigenvalue weighted by Crippen LogP contribution is -2.29. The van der Waals surface area contributed by atoms with Crippen molar-refractivity contribution in [1.29, 1.82) is 0 Å². The van der Waals surface area contributed by atoms with Crippen molar-refractivity contribution in [3.63, 3.8) is 0 Å². The van der Waals surface area contributed by atoms with E-state index in [1.54, 1.807) is 32.2 Å². The SMILES string of the molecule is CCOC(=O)C(/C=N/c1nc(-c2ccccc2)c(C(=O)Nc2cccnc2)s1)C(=O)OCC. The van der Waals surface area contributed by atoms with Crippen molar-refractivity contribution in [2.75, 3.05) is 18.5 Å². The van der Waals surface area contributed by atoms with E-state index in [-0.39, 0.29) is 24.3 Å². The third-order valence-electron chi connectivity index (χ3n) is 4.20. The predicted octanol–water partition coefficient (Wildman–Crippen LogP) is 3.90. The normalized spacial score (nSPS) is 10.9. The first-order valence-corrected chi connectivity index (χ1v) is 11.0. The number of nitrogens with zero attached hydrogens (tertiary/aromatic N) is 3. The maximum Gasteiger partial charge on any atom is 0.325 e. The molecule has 2 aromatic heterocycles. The Morgan fingerprint density at radius 3 is 2.36 bits per heavy atom. The third-order valence-corrected chi connectivity index (χ3v) is 5.17. The van der Waals surface area contributed by atoms with E-state index in [4.69, 9.17) is 9.47 Å². The van der Waals surface area contributed by atoms with Crippen LogP contribution >= 0.6 is 11.3 Å². The monoisotopic (exact) mass is 466 g/mol. The summed E-state index contributed by atoms with van der Waals surface area (Å²) < 4.78 is 9.89. The number of thiazole rings is 1. The van der Waals surface area contributed by atoms with Gasteiger partial charge in [0.05, 0.1) is 30.8 Å². The molecular formula is C23H22N4O5S. The van der Waals surface area contributed by atoms with E-state index in [1.165, 1.54) is 6.20 Å². The Morgan fingerprint density at radius 1 is 1.06 bits per heavy atom. The average Bonchev–Trinajstić information content (AvgIpc) is 3.25. The molecule has 2 heterocycles. The number of benzene rings is 1. The fourth-order valence-corrected chi connectivity index (χ4v) is 3.59. The molecule has 1 amide bonds. The number of ether oxygens (including phenoxy) is 2. The van der Waals surface area contributed by atoms with Gasteiger partial charge in [-0.1, -0.05) is 41.7 Å². The number of aliphatic imine (C=N–C) groups is 1. The Hall–Kier alpha value is -3.92. The van der Waals surface area contributed by atoms with E-state index in [0.717, 1.165) is 23.1 Å². The van der Waals surface area contributed by atoms with Crippen LogP contribution in [0.1, 0.15) is 23.5 Å². The summed E-state index contributed by atoms with van der Waals surface area (Å²) in [5, 5.41) is 2.98. The van der Waals surface area contributed by atoms with Crippen molar-refractivity contribution in [2.45, 2.75) is 13.8 Å². The van der Waals surface area contributed by atoms with Gasteiger partial charge >= 0.3 is 11.9 Å². The van der Waals surface area contributed by atoms with Crippen LogP contribution in [0, 0.1) is 5.92 Å². The van der Waals surface area contributed by atoms with E-state index < -0.39 is 17.9 Å². The van der Waals surface area contributed by atoms with Gasteiger partial charge in [-0.3, -0.25) is 19.4 Å². The Bertz CT molecular complexity index is 1110. The summed E-state index contributed by atoms with van der Waals surface area (Å²) >= 11 is 1.03. The molecule has 33 heavy (non-hydrogen) atoms. The van der Waals surface area contributed by atoms with E-state index in [9.17, 15) is 14.4 Å². The summed E-state index contributed by atoms with van der Waals surface area (Å²) in [7, 11) is 0. The maximum atomic E-state index is 13.0. The molecule has 0 radical (unpaired) electrons. The van der Waals surface area contributed by atoms with Crippen molar-refractivity contribution in [1.82, 2.24) is 9.97 Å². The molecule has 0 saturated carbocycles. The van der Waals surface area contributed by atoms with Gasteiger partial charge in [-0.2, -0.15) is 0 Å². The van der Waals surface area contributed by atoms with Crippen molar-refractivity contribution < 1.29 is 23.9 Å². The third kappa shape index (κ3) is 6.30. The summed E-state index contributed by atoms with van der Waals surface area (Å²) in [4.78, 5) is 50.3. The minimum Gasteiger partial charge on any atom is -0.465 e. The standard InChI is InChI=1S/C23H22N4O5S/c1-3-31-21(29)17(22(30)32-4-2)14-25-23-27-18(15-9-6-5-7-10-15)19(33-23)20(28)26-16-11-8-12-24-13-16/h5-14,17H,3-4H2,1-2H3,(H,26,28)/b25-14+. The van der Waals surface area contributed by atoms with Gasteiger partial charge in [0, 0.05) is 18.0 Å². The van der Waals surface area contributed by atoms with E-state index in [1.807, 2.05) is 30.3 Å². The highest BCUT2D eigenvalue weighted by Crippen LogP contribution is 2.33. The first kappa shape index (κ1) is 23.7. The number of hydrogen-bond acceptors (Lipinski definition) is 9. The lowest BCUT2D eigenvalue weighted by molar-refractivity contribution is -0.157. The quantitative estimate of drug-likeness (QED) is 0.288. The second-order valence-electron chi connectivity index (χ2n) is 6.50. The maximum absolute atomic E-state index is 13.0. The van der Waals surface area contributed by atoms with Crippen LogP contribution in [0.15, 0.2) is 59.9 Å². The average molecular weight is 467 g/mol. The lowest BCUT2D eigenvalue weighted by atomic mass is 10.1. The number of aromatic nitrogens is 2. The van der Waals surface area contributed by atoms with Gasteiger partial charge in [-0.15, -0.1) is 0 Å². The van der Waals surface area contributed by atoms with Crippen molar-refractivity contribution in [3.05, 3.63) is 59.7 Å². The molecule has 0 saturated heterocycles. The van der Waals surface area contributed by atoms with Gasteiger partial charge in [-0.05, 0) is 26.0 Å². The Labute approximate surface area is 194 Å². The molecule has 0 aliphatic rings. The van der Waals surface area contributed by atoms with Crippen molar-refractivity contribution in [2.24, 2.45) is 10.9 Å². The van der Waals surface area contributed by atoms with Crippen LogP contribution < -0.4 is 5.32 Å². The molecule has 1 N–H and O–H groups in total. The van der Waals surface area contributed by atoms with Gasteiger partial charge in [0.15, 0.2) is 5.92 Å². The van der Waals surface area contributed by atoms with E-state index in [2.05, 4.69) is 20.3 Å². The van der Waals surface area contributed by atoms with Crippen molar-refractivity contribution in [3.8, 4) is 11.3 Å². The number of carbonyl (C=O) groups is 3. The largest absolute Gasteiger partial charge is 0.465 e. The molecule has 9 nitrogen and oxygen atoms in total. The first-order valence-electron chi connectivity index (χ1n) is 10.2. The number of amides is 1. The number of carbonyl (C=O) groups excluding carboxylic acids is 3. The molecule has 3 rings (SSSR count). The van der Waals surface area contributed by atoms with Crippen LogP contribution in [0.3, 0.4) is 0 Å². The summed E-state index contributed by atoms with van der Waals surface area (Å²) in [5.74, 6) is -3.25. The molecule has 0 bridgehead atoms. The fourth-order valence-electron chi connectivity index (χ4n) is 2.75. The molecule has 170 valence electrons. The van der Waals surface area contributed by atoms with Gasteiger partial charge in [-0.25, -0.2) is 9.98 Å². The summed E-state index contributed by atoms with van der Waals surface area (Å²) in [6.07, 6.45) is 4.27. The molecule has 10 heteroatoms. The molecule has 0 fully saturated rings. The number of pyridine rings is 1. The summed E-state index contributed by atoms with van der Waals surface area (Å²) in [6.45, 7) is 3.49. The number of rotatable bonds is 9. The molecular weight excluding hydrogens is 444 g/mol. The number of anilines is 1. The second kappa shape index (κ2) is 11.6. The van der Waals surface area contributed by atoms with Crippen LogP contribution in [0.5, 0.6) is 0 Å². The predicted molar refractivity (Wildman–Crippen MR) is 125 cm³/mol. The zero-order valence-corrected chi connectivity index (χ0v) is 18.9. The Balaban J connectivity index is 1.94. The lowest BCUT2D eigenvalue weighted by Gasteiger charge is -2.09. The highest BCUT2D eigenvalue weighted by molar-refractivity contribution is 7.17. The zero-order chi connectivity index (χ0) is 23.6. The topological polar surface area (TPSA) is 120 Å². The molecule has 1 aromatic carbocycles.